The molecule has 0 bridgehead atoms. The van der Waals surface area contributed by atoms with E-state index >= 15 is 0 Å². The molecule has 118 valence electrons. The van der Waals surface area contributed by atoms with Crippen LogP contribution in [0.15, 0.2) is 18.2 Å². The third-order valence-corrected chi connectivity index (χ3v) is 4.00. The van der Waals surface area contributed by atoms with E-state index in [-0.39, 0.29) is 0 Å². The van der Waals surface area contributed by atoms with Crippen LogP contribution in [0.1, 0.15) is 16.8 Å². The molecule has 0 spiro atoms. The molecule has 0 atom stereocenters. The summed E-state index contributed by atoms with van der Waals surface area (Å²) in [4.78, 5) is 18.6. The zero-order valence-corrected chi connectivity index (χ0v) is 12.6. The lowest BCUT2D eigenvalue weighted by atomic mass is 10.2. The van der Waals surface area contributed by atoms with Crippen molar-refractivity contribution in [1.82, 2.24) is 14.9 Å². The Balaban J connectivity index is 2.13. The fraction of sp³-hybridized carbons (Fsp3) is 0.467. The van der Waals surface area contributed by atoms with Crippen molar-refractivity contribution < 1.29 is 4.79 Å². The summed E-state index contributed by atoms with van der Waals surface area (Å²) in [5, 5.41) is 3.38. The second kappa shape index (κ2) is 6.33. The molecule has 2 heterocycles. The van der Waals surface area contributed by atoms with Gasteiger partial charge in [0.15, 0.2) is 0 Å². The van der Waals surface area contributed by atoms with Crippen LogP contribution in [0.4, 0.5) is 5.95 Å². The molecule has 1 saturated heterocycles. The molecule has 1 aliphatic rings. The predicted molar refractivity (Wildman–Crippen MR) is 87.0 cm³/mol. The molecule has 1 fully saturated rings. The molecule has 1 aromatic heterocycles. The number of nitrogens with two attached hydrogens (primary N) is 2. The maximum Gasteiger partial charge on any atom is 0.250 e. The molecule has 0 aliphatic carbocycles. The van der Waals surface area contributed by atoms with Gasteiger partial charge in [0.1, 0.15) is 5.52 Å². The van der Waals surface area contributed by atoms with E-state index in [0.717, 1.165) is 44.1 Å². The summed E-state index contributed by atoms with van der Waals surface area (Å²) in [6.45, 7) is 4.95. The normalized spacial score (nSPS) is 16.0. The van der Waals surface area contributed by atoms with Crippen molar-refractivity contribution in [3.63, 3.8) is 0 Å². The maximum atomic E-state index is 11.6. The third-order valence-electron chi connectivity index (χ3n) is 4.00. The van der Waals surface area contributed by atoms with E-state index in [2.05, 4.69) is 14.8 Å². The van der Waals surface area contributed by atoms with Gasteiger partial charge in [0.2, 0.25) is 5.95 Å². The number of anilines is 1. The number of imidazole rings is 1. The van der Waals surface area contributed by atoms with Crippen molar-refractivity contribution >= 4 is 22.9 Å². The van der Waals surface area contributed by atoms with Gasteiger partial charge < -0.3 is 26.3 Å². The molecule has 2 aromatic rings. The first-order chi connectivity index (χ1) is 10.7. The lowest BCUT2D eigenvalue weighted by Gasteiger charge is -2.22. The van der Waals surface area contributed by atoms with Crippen molar-refractivity contribution in [1.29, 1.82) is 0 Å². The Hall–Kier alpha value is -2.12. The Morgan fingerprint density at radius 2 is 2.18 bits per heavy atom. The zero-order valence-electron chi connectivity index (χ0n) is 12.6. The first-order valence-corrected chi connectivity index (χ1v) is 7.67. The van der Waals surface area contributed by atoms with Crippen molar-refractivity contribution in [3.05, 3.63) is 23.8 Å². The highest BCUT2D eigenvalue weighted by molar-refractivity contribution is 6.04. The zero-order chi connectivity index (χ0) is 15.5. The second-order valence-corrected chi connectivity index (χ2v) is 5.48. The minimum absolute atomic E-state index is 0.452. The number of fused-ring (bicyclic) bond motifs is 1. The number of nitrogens with zero attached hydrogens (tertiary/aromatic N) is 3. The number of benzene rings is 1. The standard InChI is InChI=1S/C15H22N6O/c16-5-9-21-12-4-1-3-11(14(17)22)13(12)19-15(21)20-8-2-6-18-7-10-20/h1,3-4,18H,2,5-10,16H2,(H2,17,22). The monoisotopic (exact) mass is 302 g/mol. The number of hydrogen-bond donors (Lipinski definition) is 3. The van der Waals surface area contributed by atoms with Gasteiger partial charge in [-0.15, -0.1) is 0 Å². The Morgan fingerprint density at radius 1 is 1.32 bits per heavy atom. The smallest absolute Gasteiger partial charge is 0.250 e. The number of para-hydroxylation sites is 1. The summed E-state index contributed by atoms with van der Waals surface area (Å²) in [5.74, 6) is 0.421. The highest BCUT2D eigenvalue weighted by Gasteiger charge is 2.20. The van der Waals surface area contributed by atoms with Crippen LogP contribution >= 0.6 is 0 Å². The largest absolute Gasteiger partial charge is 0.366 e. The van der Waals surface area contributed by atoms with E-state index in [1.807, 2.05) is 12.1 Å². The van der Waals surface area contributed by atoms with Gasteiger partial charge in [-0.05, 0) is 25.1 Å². The molecule has 5 N–H and O–H groups in total. The highest BCUT2D eigenvalue weighted by atomic mass is 16.1. The molecular weight excluding hydrogens is 280 g/mol. The van der Waals surface area contributed by atoms with Crippen molar-refractivity contribution in [2.24, 2.45) is 11.5 Å². The van der Waals surface area contributed by atoms with Gasteiger partial charge >= 0.3 is 0 Å². The summed E-state index contributed by atoms with van der Waals surface area (Å²) >= 11 is 0. The molecule has 1 amide bonds. The van der Waals surface area contributed by atoms with Gasteiger partial charge in [-0.3, -0.25) is 4.79 Å². The Labute approximate surface area is 129 Å². The van der Waals surface area contributed by atoms with Gasteiger partial charge in [-0.1, -0.05) is 6.07 Å². The summed E-state index contributed by atoms with van der Waals surface area (Å²) in [6, 6.07) is 5.52. The van der Waals surface area contributed by atoms with E-state index < -0.39 is 5.91 Å². The number of amides is 1. The number of carbonyl (C=O) groups is 1. The fourth-order valence-electron chi connectivity index (χ4n) is 2.97. The molecule has 0 unspecified atom stereocenters. The van der Waals surface area contributed by atoms with E-state index in [0.29, 0.717) is 24.2 Å². The van der Waals surface area contributed by atoms with Gasteiger partial charge in [-0.2, -0.15) is 0 Å². The molecule has 7 nitrogen and oxygen atoms in total. The topological polar surface area (TPSA) is 102 Å². The molecule has 1 aromatic carbocycles. The van der Waals surface area contributed by atoms with E-state index in [1.165, 1.54) is 0 Å². The van der Waals surface area contributed by atoms with Crippen LogP contribution in [-0.4, -0.2) is 48.2 Å². The van der Waals surface area contributed by atoms with Crippen LogP contribution in [0.3, 0.4) is 0 Å². The Morgan fingerprint density at radius 3 is 2.95 bits per heavy atom. The third kappa shape index (κ3) is 2.65. The first-order valence-electron chi connectivity index (χ1n) is 7.67. The van der Waals surface area contributed by atoms with Crippen LogP contribution in [-0.2, 0) is 6.54 Å². The molecule has 0 saturated carbocycles. The Kier molecular flexibility index (Phi) is 4.26. The predicted octanol–water partition coefficient (Wildman–Crippen LogP) is -0.106. The van der Waals surface area contributed by atoms with Crippen LogP contribution < -0.4 is 21.7 Å². The number of rotatable bonds is 4. The minimum atomic E-state index is -0.452. The number of primary amides is 1. The highest BCUT2D eigenvalue weighted by Crippen LogP contribution is 2.25. The van der Waals surface area contributed by atoms with Gasteiger partial charge in [0.05, 0.1) is 11.1 Å². The number of aromatic nitrogens is 2. The van der Waals surface area contributed by atoms with Gasteiger partial charge in [0.25, 0.3) is 5.91 Å². The van der Waals surface area contributed by atoms with E-state index in [4.69, 9.17) is 16.5 Å². The first kappa shape index (κ1) is 14.8. The Bertz CT molecular complexity index is 672. The molecule has 7 heteroatoms. The summed E-state index contributed by atoms with van der Waals surface area (Å²) in [6.07, 6.45) is 1.06. The summed E-state index contributed by atoms with van der Waals surface area (Å²) in [7, 11) is 0. The average Bonchev–Trinajstić information content (AvgIpc) is 2.71. The second-order valence-electron chi connectivity index (χ2n) is 5.48. The van der Waals surface area contributed by atoms with Crippen LogP contribution in [0.25, 0.3) is 11.0 Å². The van der Waals surface area contributed by atoms with Crippen LogP contribution in [0.5, 0.6) is 0 Å². The fourth-order valence-corrected chi connectivity index (χ4v) is 2.97. The lowest BCUT2D eigenvalue weighted by Crippen LogP contribution is -2.31. The quantitative estimate of drug-likeness (QED) is 0.731. The van der Waals surface area contributed by atoms with E-state index in [1.54, 1.807) is 6.07 Å². The minimum Gasteiger partial charge on any atom is -0.366 e. The van der Waals surface area contributed by atoms with Crippen LogP contribution in [0.2, 0.25) is 0 Å². The van der Waals surface area contributed by atoms with Gasteiger partial charge in [0, 0.05) is 32.7 Å². The molecular formula is C15H22N6O. The van der Waals surface area contributed by atoms with Crippen molar-refractivity contribution in [2.75, 3.05) is 37.6 Å². The van der Waals surface area contributed by atoms with Gasteiger partial charge in [-0.25, -0.2) is 4.98 Å². The molecule has 22 heavy (non-hydrogen) atoms. The average molecular weight is 302 g/mol. The maximum absolute atomic E-state index is 11.6. The van der Waals surface area contributed by atoms with Crippen molar-refractivity contribution in [3.8, 4) is 0 Å². The number of nitrogens with one attached hydrogen (secondary N) is 1. The summed E-state index contributed by atoms with van der Waals surface area (Å²) in [5.41, 5.74) is 13.3. The molecule has 3 rings (SSSR count). The number of carbonyl (C=O) groups excluding carboxylic acids is 1. The molecule has 0 radical (unpaired) electrons. The number of hydrogen-bond acceptors (Lipinski definition) is 5. The lowest BCUT2D eigenvalue weighted by molar-refractivity contribution is 0.100. The molecule has 1 aliphatic heterocycles. The van der Waals surface area contributed by atoms with Crippen LogP contribution in [0, 0.1) is 0 Å². The van der Waals surface area contributed by atoms with Crippen molar-refractivity contribution in [2.45, 2.75) is 13.0 Å². The van der Waals surface area contributed by atoms with E-state index in [9.17, 15) is 4.79 Å². The SMILES string of the molecule is NCCn1c(N2CCCNCC2)nc2c(C(N)=O)cccc21. The summed E-state index contributed by atoms with van der Waals surface area (Å²) < 4.78 is 2.09.